The highest BCUT2D eigenvalue weighted by Crippen LogP contribution is 1.96. The minimum Gasteiger partial charge on any atom is -0.201 e. The highest BCUT2D eigenvalue weighted by Gasteiger charge is 1.76. The molecule has 0 bridgehead atoms. The maximum absolute atomic E-state index is 3.86. The summed E-state index contributed by atoms with van der Waals surface area (Å²) in [5, 5.41) is 2.01. The van der Waals surface area contributed by atoms with E-state index in [9.17, 15) is 0 Å². The van der Waals surface area contributed by atoms with Gasteiger partial charge in [0, 0.05) is 11.6 Å². The molecule has 0 saturated heterocycles. The molecule has 2 aromatic rings. The molecule has 2 heteroatoms. The predicted octanol–water partition coefficient (Wildman–Crippen LogP) is 5.50. The molecule has 0 aliphatic heterocycles. The fourth-order valence-electron chi connectivity index (χ4n) is 0.792. The average molecular weight is 251 g/mol. The molecule has 0 fully saturated rings. The molecule has 1 aromatic heterocycles. The Bertz CT molecular complexity index is 314. The number of nitrogens with zero attached hydrogens (tertiary/aromatic N) is 1. The summed E-state index contributed by atoms with van der Waals surface area (Å²) in [7, 11) is 0. The average Bonchev–Trinajstić information content (AvgIpc) is 2.87. The van der Waals surface area contributed by atoms with Crippen LogP contribution in [0, 0.1) is 13.8 Å². The van der Waals surface area contributed by atoms with Gasteiger partial charge in [0.05, 0.1) is 0 Å². The molecule has 1 nitrogen and oxygen atoms in total. The third-order valence-corrected chi connectivity index (χ3v) is 2.20. The third-order valence-electron chi connectivity index (χ3n) is 1.50. The molecule has 0 spiro atoms. The first-order valence-electron chi connectivity index (χ1n) is 6.16. The van der Waals surface area contributed by atoms with Crippen LogP contribution in [0.25, 0.3) is 0 Å². The van der Waals surface area contributed by atoms with Gasteiger partial charge in [0.25, 0.3) is 0 Å². The van der Waals surface area contributed by atoms with E-state index in [4.69, 9.17) is 0 Å². The van der Waals surface area contributed by atoms with Crippen molar-refractivity contribution in [1.29, 1.82) is 0 Å². The van der Waals surface area contributed by atoms with E-state index in [2.05, 4.69) is 23.4 Å². The fourth-order valence-corrected chi connectivity index (χ4v) is 1.31. The molecule has 2 rings (SSSR count). The first-order valence-corrected chi connectivity index (χ1v) is 7.00. The van der Waals surface area contributed by atoms with Gasteiger partial charge >= 0.3 is 0 Å². The summed E-state index contributed by atoms with van der Waals surface area (Å²) in [5.74, 6) is 0. The van der Waals surface area contributed by atoms with Gasteiger partial charge in [-0.1, -0.05) is 63.6 Å². The van der Waals surface area contributed by atoms with Gasteiger partial charge in [0.2, 0.25) is 0 Å². The molecule has 0 aliphatic carbocycles. The quantitative estimate of drug-likeness (QED) is 0.602. The Morgan fingerprint density at radius 2 is 1.35 bits per heavy atom. The van der Waals surface area contributed by atoms with E-state index >= 15 is 0 Å². The van der Waals surface area contributed by atoms with Gasteiger partial charge in [-0.05, 0) is 30.9 Å². The monoisotopic (exact) mass is 251 g/mol. The number of hydrogen-bond acceptors (Lipinski definition) is 2. The van der Waals surface area contributed by atoms with Gasteiger partial charge in [0.15, 0.2) is 0 Å². The second-order valence-corrected chi connectivity index (χ2v) is 3.51. The molecule has 0 amide bonds. The lowest BCUT2D eigenvalue weighted by Crippen LogP contribution is -1.62. The van der Waals surface area contributed by atoms with Gasteiger partial charge in [-0.15, -0.1) is 0 Å². The van der Waals surface area contributed by atoms with Crippen LogP contribution in [-0.2, 0) is 0 Å². The molecule has 17 heavy (non-hydrogen) atoms. The first kappa shape index (κ1) is 18.2. The Hall–Kier alpha value is -1.15. The SMILES string of the molecule is CC.CC.Cc1ccccc1.Cc1cnsc1. The lowest BCUT2D eigenvalue weighted by atomic mass is 10.2. The minimum atomic E-state index is 1.25. The van der Waals surface area contributed by atoms with Crippen LogP contribution in [0.1, 0.15) is 38.8 Å². The maximum Gasteiger partial charge on any atom is 0.0436 e. The predicted molar refractivity (Wildman–Crippen MR) is 80.7 cm³/mol. The summed E-state index contributed by atoms with van der Waals surface area (Å²) in [6, 6.07) is 10.3. The van der Waals surface area contributed by atoms with Crippen LogP contribution < -0.4 is 0 Å². The molecular weight excluding hydrogens is 226 g/mol. The minimum absolute atomic E-state index is 1.25. The van der Waals surface area contributed by atoms with Crippen LogP contribution in [-0.4, -0.2) is 4.37 Å². The molecule has 0 saturated carbocycles. The van der Waals surface area contributed by atoms with Crippen molar-refractivity contribution in [2.45, 2.75) is 41.5 Å². The van der Waals surface area contributed by atoms with E-state index in [-0.39, 0.29) is 0 Å². The molecule has 0 unspecified atom stereocenters. The van der Waals surface area contributed by atoms with Crippen molar-refractivity contribution in [2.24, 2.45) is 0 Å². The van der Waals surface area contributed by atoms with Crippen LogP contribution in [0.15, 0.2) is 41.9 Å². The zero-order valence-corrected chi connectivity index (χ0v) is 12.7. The molecule has 0 aliphatic rings. The zero-order valence-electron chi connectivity index (χ0n) is 11.9. The first-order chi connectivity index (χ1) is 8.29. The van der Waals surface area contributed by atoms with Crippen LogP contribution in [0.5, 0.6) is 0 Å². The number of aromatic nitrogens is 1. The summed E-state index contributed by atoms with van der Waals surface area (Å²) >= 11 is 1.49. The lowest BCUT2D eigenvalue weighted by molar-refractivity contribution is 1.46. The normalized spacial score (nSPS) is 7.41. The number of rotatable bonds is 0. The van der Waals surface area contributed by atoms with E-state index in [1.54, 1.807) is 0 Å². The highest BCUT2D eigenvalue weighted by atomic mass is 32.1. The van der Waals surface area contributed by atoms with Crippen molar-refractivity contribution in [3.8, 4) is 0 Å². The Labute approximate surface area is 111 Å². The van der Waals surface area contributed by atoms with Gasteiger partial charge in [-0.2, -0.15) is 0 Å². The zero-order chi connectivity index (χ0) is 13.5. The van der Waals surface area contributed by atoms with Crippen molar-refractivity contribution in [2.75, 3.05) is 0 Å². The Balaban J connectivity index is 0. The summed E-state index contributed by atoms with van der Waals surface area (Å²) in [6.07, 6.45) is 1.85. The molecule has 96 valence electrons. The van der Waals surface area contributed by atoms with Gasteiger partial charge < -0.3 is 0 Å². The molecule has 1 aromatic carbocycles. The Morgan fingerprint density at radius 3 is 1.53 bits per heavy atom. The Morgan fingerprint density at radius 1 is 0.824 bits per heavy atom. The third kappa shape index (κ3) is 12.8. The van der Waals surface area contributed by atoms with E-state index in [1.165, 1.54) is 22.7 Å². The second-order valence-electron chi connectivity index (χ2n) is 2.86. The number of benzene rings is 1. The van der Waals surface area contributed by atoms with Crippen molar-refractivity contribution in [3.05, 3.63) is 53.0 Å². The smallest absolute Gasteiger partial charge is 0.0436 e. The highest BCUT2D eigenvalue weighted by molar-refractivity contribution is 7.03. The van der Waals surface area contributed by atoms with Crippen molar-refractivity contribution >= 4 is 11.5 Å². The number of aryl methyl sites for hydroxylation is 2. The molecule has 0 N–H and O–H groups in total. The van der Waals surface area contributed by atoms with E-state index in [0.29, 0.717) is 0 Å². The standard InChI is InChI=1S/C7H8.C4H5NS.2C2H6/c1-7-5-3-2-4-6-7;1-4-2-5-6-3-4;2*1-2/h2-6H,1H3;2-3H,1H3;2*1-2H3. The van der Waals surface area contributed by atoms with E-state index < -0.39 is 0 Å². The van der Waals surface area contributed by atoms with Crippen LogP contribution in [0.3, 0.4) is 0 Å². The van der Waals surface area contributed by atoms with E-state index in [0.717, 1.165) is 0 Å². The van der Waals surface area contributed by atoms with Crippen LogP contribution >= 0.6 is 11.5 Å². The lowest BCUT2D eigenvalue weighted by Gasteiger charge is -1.82. The number of hydrogen-bond donors (Lipinski definition) is 0. The Kier molecular flexibility index (Phi) is 15.9. The fraction of sp³-hybridized carbons (Fsp3) is 0.400. The van der Waals surface area contributed by atoms with E-state index in [1.807, 2.05) is 64.4 Å². The van der Waals surface area contributed by atoms with Crippen molar-refractivity contribution in [1.82, 2.24) is 4.37 Å². The maximum atomic E-state index is 3.86. The largest absolute Gasteiger partial charge is 0.201 e. The summed E-state index contributed by atoms with van der Waals surface area (Å²) in [5.41, 5.74) is 2.57. The van der Waals surface area contributed by atoms with Crippen LogP contribution in [0.2, 0.25) is 0 Å². The summed E-state index contributed by atoms with van der Waals surface area (Å²) in [4.78, 5) is 0. The molecule has 0 atom stereocenters. The molecular formula is C15H25NS. The van der Waals surface area contributed by atoms with Gasteiger partial charge in [0.1, 0.15) is 0 Å². The van der Waals surface area contributed by atoms with Crippen molar-refractivity contribution < 1.29 is 0 Å². The van der Waals surface area contributed by atoms with Crippen LogP contribution in [0.4, 0.5) is 0 Å². The summed E-state index contributed by atoms with van der Waals surface area (Å²) < 4.78 is 3.86. The molecule has 0 radical (unpaired) electrons. The van der Waals surface area contributed by atoms with Gasteiger partial charge in [-0.25, -0.2) is 4.37 Å². The second kappa shape index (κ2) is 14.8. The van der Waals surface area contributed by atoms with Crippen molar-refractivity contribution in [3.63, 3.8) is 0 Å². The van der Waals surface area contributed by atoms with Gasteiger partial charge in [-0.3, -0.25) is 0 Å². The summed E-state index contributed by atoms with van der Waals surface area (Å²) in [6.45, 7) is 12.1. The molecule has 1 heterocycles. The topological polar surface area (TPSA) is 12.9 Å².